The summed E-state index contributed by atoms with van der Waals surface area (Å²) in [5, 5.41) is 0. The number of hydrogen-bond donors (Lipinski definition) is 2. The minimum Gasteiger partial charge on any atom is -0.314 e. The molecule has 0 saturated heterocycles. The van der Waals surface area contributed by atoms with Crippen LogP contribution in [0.4, 0.5) is 0 Å². The first-order chi connectivity index (χ1) is 5.74. The van der Waals surface area contributed by atoms with Crippen molar-refractivity contribution in [1.82, 2.24) is 9.97 Å². The number of aryl methyl sites for hydroxylation is 1. The van der Waals surface area contributed by atoms with Crippen molar-refractivity contribution in [3.05, 3.63) is 32.6 Å². The summed E-state index contributed by atoms with van der Waals surface area (Å²) in [5.41, 5.74) is -0.159. The summed E-state index contributed by atoms with van der Waals surface area (Å²) < 4.78 is 0. The molecule has 4 heteroatoms. The van der Waals surface area contributed by atoms with E-state index in [1.54, 1.807) is 0 Å². The van der Waals surface area contributed by atoms with E-state index in [1.807, 2.05) is 20.8 Å². The van der Waals surface area contributed by atoms with Crippen molar-refractivity contribution in [2.45, 2.75) is 27.2 Å². The van der Waals surface area contributed by atoms with E-state index in [1.165, 1.54) is 6.20 Å². The zero-order chi connectivity index (χ0) is 9.56. The van der Waals surface area contributed by atoms with Crippen LogP contribution >= 0.6 is 0 Å². The van der Waals surface area contributed by atoms with Gasteiger partial charge < -0.3 is 4.98 Å². The fraction of sp³-hybridized carbons (Fsp3) is 0.500. The molecular weight excluding hydrogens is 156 g/mol. The Balaban J connectivity index is 0.000000561. The first-order valence-corrected chi connectivity index (χ1v) is 4.05. The van der Waals surface area contributed by atoms with Gasteiger partial charge in [0, 0.05) is 11.8 Å². The van der Waals surface area contributed by atoms with Gasteiger partial charge in [0.05, 0.1) is 0 Å². The fourth-order valence-corrected chi connectivity index (χ4v) is 0.700. The quantitative estimate of drug-likeness (QED) is 0.650. The van der Waals surface area contributed by atoms with Gasteiger partial charge in [0.1, 0.15) is 0 Å². The lowest BCUT2D eigenvalue weighted by atomic mass is 10.3. The maximum atomic E-state index is 10.8. The van der Waals surface area contributed by atoms with E-state index in [0.29, 0.717) is 12.0 Å². The van der Waals surface area contributed by atoms with E-state index in [2.05, 4.69) is 9.97 Å². The van der Waals surface area contributed by atoms with Crippen molar-refractivity contribution < 1.29 is 0 Å². The van der Waals surface area contributed by atoms with Crippen LogP contribution in [0.15, 0.2) is 15.8 Å². The Hall–Kier alpha value is -1.32. The minimum atomic E-state index is -0.456. The number of H-pyrrole nitrogens is 2. The molecule has 12 heavy (non-hydrogen) atoms. The highest BCUT2D eigenvalue weighted by atomic mass is 16.2. The predicted molar refractivity (Wildman–Crippen MR) is 48.4 cm³/mol. The molecule has 1 aromatic heterocycles. The zero-order valence-electron chi connectivity index (χ0n) is 7.60. The van der Waals surface area contributed by atoms with Gasteiger partial charge in [0.25, 0.3) is 5.56 Å². The molecule has 4 nitrogen and oxygen atoms in total. The van der Waals surface area contributed by atoms with Crippen molar-refractivity contribution in [2.24, 2.45) is 0 Å². The number of aromatic nitrogens is 2. The molecule has 0 aromatic carbocycles. The molecule has 1 aromatic rings. The summed E-state index contributed by atoms with van der Waals surface area (Å²) >= 11 is 0. The molecule has 68 valence electrons. The Morgan fingerprint density at radius 3 is 2.33 bits per heavy atom. The molecule has 0 amide bonds. The third-order valence-corrected chi connectivity index (χ3v) is 1.28. The van der Waals surface area contributed by atoms with Crippen LogP contribution in [0.1, 0.15) is 26.3 Å². The second-order valence-corrected chi connectivity index (χ2v) is 1.95. The van der Waals surface area contributed by atoms with E-state index in [4.69, 9.17) is 0 Å². The van der Waals surface area contributed by atoms with Crippen LogP contribution in [0.5, 0.6) is 0 Å². The Labute approximate surface area is 70.7 Å². The molecule has 0 unspecified atom stereocenters. The molecule has 0 saturated carbocycles. The maximum Gasteiger partial charge on any atom is 0.325 e. The van der Waals surface area contributed by atoms with E-state index in [9.17, 15) is 9.59 Å². The smallest absolute Gasteiger partial charge is 0.314 e. The molecule has 0 aliphatic carbocycles. The van der Waals surface area contributed by atoms with Crippen molar-refractivity contribution >= 4 is 0 Å². The highest BCUT2D eigenvalue weighted by Gasteiger charge is 1.93. The second kappa shape index (κ2) is 5.35. The van der Waals surface area contributed by atoms with Gasteiger partial charge in [-0.25, -0.2) is 4.79 Å². The topological polar surface area (TPSA) is 65.7 Å². The average molecular weight is 170 g/mol. The van der Waals surface area contributed by atoms with Gasteiger partial charge in [0.2, 0.25) is 0 Å². The van der Waals surface area contributed by atoms with Gasteiger partial charge in [-0.15, -0.1) is 0 Å². The van der Waals surface area contributed by atoms with Crippen LogP contribution in [-0.2, 0) is 6.42 Å². The predicted octanol–water partition coefficient (Wildman–Crippen LogP) is 0.652. The van der Waals surface area contributed by atoms with E-state index in [-0.39, 0.29) is 5.56 Å². The summed E-state index contributed by atoms with van der Waals surface area (Å²) in [4.78, 5) is 25.7. The number of hydrogen-bond acceptors (Lipinski definition) is 2. The van der Waals surface area contributed by atoms with Crippen molar-refractivity contribution in [3.8, 4) is 0 Å². The van der Waals surface area contributed by atoms with Crippen LogP contribution in [0, 0.1) is 0 Å². The minimum absolute atomic E-state index is 0.300. The molecule has 1 heterocycles. The van der Waals surface area contributed by atoms with E-state index in [0.717, 1.165) is 0 Å². The monoisotopic (exact) mass is 170 g/mol. The standard InChI is InChI=1S/C6H8N2O2.C2H6/c1-2-4-3-7-6(10)8-5(4)9;1-2/h3H,2H2,1H3,(H2,7,8,9,10);1-2H3. The molecule has 0 bridgehead atoms. The molecule has 0 atom stereocenters. The SMILES string of the molecule is CC.CCc1c[nH]c(=O)[nH]c1=O. The molecule has 2 N–H and O–H groups in total. The second-order valence-electron chi connectivity index (χ2n) is 1.95. The first-order valence-electron chi connectivity index (χ1n) is 4.05. The Bertz CT molecular complexity index is 324. The summed E-state index contributed by atoms with van der Waals surface area (Å²) in [5.74, 6) is 0. The van der Waals surface area contributed by atoms with Crippen LogP contribution in [0.3, 0.4) is 0 Å². The highest BCUT2D eigenvalue weighted by molar-refractivity contribution is 5.01. The molecule has 1 rings (SSSR count). The highest BCUT2D eigenvalue weighted by Crippen LogP contribution is 1.82. The molecule has 0 spiro atoms. The summed E-state index contributed by atoms with van der Waals surface area (Å²) in [6, 6.07) is 0. The van der Waals surface area contributed by atoms with Crippen LogP contribution in [-0.4, -0.2) is 9.97 Å². The Kier molecular flexibility index (Phi) is 4.76. The van der Waals surface area contributed by atoms with Crippen molar-refractivity contribution in [2.75, 3.05) is 0 Å². The Morgan fingerprint density at radius 1 is 1.33 bits per heavy atom. The lowest BCUT2D eigenvalue weighted by Gasteiger charge is -1.89. The van der Waals surface area contributed by atoms with Crippen molar-refractivity contribution in [3.63, 3.8) is 0 Å². The normalized spacial score (nSPS) is 8.58. The third kappa shape index (κ3) is 2.74. The van der Waals surface area contributed by atoms with Crippen molar-refractivity contribution in [1.29, 1.82) is 0 Å². The molecule has 0 aliphatic rings. The van der Waals surface area contributed by atoms with Gasteiger partial charge in [-0.05, 0) is 6.42 Å². The largest absolute Gasteiger partial charge is 0.325 e. The maximum absolute atomic E-state index is 10.8. The van der Waals surface area contributed by atoms with Gasteiger partial charge in [-0.3, -0.25) is 9.78 Å². The van der Waals surface area contributed by atoms with Gasteiger partial charge >= 0.3 is 5.69 Å². The fourth-order valence-electron chi connectivity index (χ4n) is 0.700. The number of aromatic amines is 2. The molecule has 0 radical (unpaired) electrons. The molecular formula is C8H14N2O2. The van der Waals surface area contributed by atoms with Gasteiger partial charge in [-0.1, -0.05) is 20.8 Å². The summed E-state index contributed by atoms with van der Waals surface area (Å²) in [7, 11) is 0. The van der Waals surface area contributed by atoms with Crippen LogP contribution in [0.2, 0.25) is 0 Å². The number of nitrogens with one attached hydrogen (secondary N) is 2. The zero-order valence-corrected chi connectivity index (χ0v) is 7.60. The van der Waals surface area contributed by atoms with Gasteiger partial charge in [-0.2, -0.15) is 0 Å². The molecule has 0 aliphatic heterocycles. The van der Waals surface area contributed by atoms with E-state index >= 15 is 0 Å². The summed E-state index contributed by atoms with van der Waals surface area (Å²) in [6.45, 7) is 5.85. The molecule has 0 fully saturated rings. The summed E-state index contributed by atoms with van der Waals surface area (Å²) in [6.07, 6.45) is 2.06. The lowest BCUT2D eigenvalue weighted by Crippen LogP contribution is -2.23. The van der Waals surface area contributed by atoms with Gasteiger partial charge in [0.15, 0.2) is 0 Å². The van der Waals surface area contributed by atoms with Crippen LogP contribution < -0.4 is 11.2 Å². The first kappa shape index (κ1) is 10.7. The third-order valence-electron chi connectivity index (χ3n) is 1.28. The lowest BCUT2D eigenvalue weighted by molar-refractivity contribution is 0.960. The van der Waals surface area contributed by atoms with E-state index < -0.39 is 5.69 Å². The van der Waals surface area contributed by atoms with Crippen LogP contribution in [0.25, 0.3) is 0 Å². The number of rotatable bonds is 1. The Morgan fingerprint density at radius 2 is 1.92 bits per heavy atom. The average Bonchev–Trinajstić information content (AvgIpc) is 2.08.